The Hall–Kier alpha value is -4.64. The molecule has 6 rings (SSSR count). The number of aromatic nitrogens is 2. The van der Waals surface area contributed by atoms with Gasteiger partial charge in [0.1, 0.15) is 17.9 Å². The number of halogens is 3. The highest BCUT2D eigenvalue weighted by atomic mass is 32.2. The molecule has 0 saturated carbocycles. The molecule has 0 unspecified atom stereocenters. The Kier molecular flexibility index (Phi) is 7.19. The molecule has 0 aliphatic carbocycles. The SMILES string of the molecule is CN=C1CS/C(=N\N=C\c2ccc3c(ccc4c3ncn4-c3ccc(OC(F)(F)F)cc3)c2)N1c1c(C)cccc1C. The molecule has 1 aliphatic heterocycles. The van der Waals surface area contributed by atoms with Crippen LogP contribution in [0.5, 0.6) is 5.75 Å². The topological polar surface area (TPSA) is 67.4 Å². The Balaban J connectivity index is 1.27. The van der Waals surface area contributed by atoms with Gasteiger partial charge in [0.25, 0.3) is 0 Å². The molecule has 11 heteroatoms. The lowest BCUT2D eigenvalue weighted by atomic mass is 10.1. The van der Waals surface area contributed by atoms with Gasteiger partial charge in [-0.2, -0.15) is 5.10 Å². The van der Waals surface area contributed by atoms with Gasteiger partial charge in [0, 0.05) is 18.1 Å². The molecule has 1 fully saturated rings. The van der Waals surface area contributed by atoms with Crippen LogP contribution in [-0.2, 0) is 0 Å². The molecular weight excluding hydrogens is 561 g/mol. The van der Waals surface area contributed by atoms with Crippen LogP contribution < -0.4 is 9.64 Å². The Bertz CT molecular complexity index is 1870. The predicted molar refractivity (Wildman–Crippen MR) is 164 cm³/mol. The van der Waals surface area contributed by atoms with Crippen molar-refractivity contribution in [2.75, 3.05) is 17.7 Å². The van der Waals surface area contributed by atoms with Gasteiger partial charge in [0.2, 0.25) is 0 Å². The van der Waals surface area contributed by atoms with Crippen molar-refractivity contribution in [1.82, 2.24) is 9.55 Å². The third-order valence-electron chi connectivity index (χ3n) is 6.96. The van der Waals surface area contributed by atoms with Gasteiger partial charge in [-0.3, -0.25) is 14.5 Å². The number of para-hydroxylation sites is 1. The molecule has 2 heterocycles. The number of imidazole rings is 1. The highest BCUT2D eigenvalue weighted by Gasteiger charge is 2.31. The molecule has 1 aromatic heterocycles. The number of alkyl halides is 3. The van der Waals surface area contributed by atoms with Gasteiger partial charge >= 0.3 is 6.36 Å². The normalized spacial score (nSPS) is 16.1. The number of anilines is 1. The molecule has 0 spiro atoms. The van der Waals surface area contributed by atoms with Gasteiger partial charge in [-0.05, 0) is 72.3 Å². The molecule has 7 nitrogen and oxygen atoms in total. The summed E-state index contributed by atoms with van der Waals surface area (Å²) < 4.78 is 43.3. The number of rotatable bonds is 5. The number of fused-ring (bicyclic) bond motifs is 3. The molecule has 0 bridgehead atoms. The lowest BCUT2D eigenvalue weighted by Gasteiger charge is -2.22. The zero-order valence-electron chi connectivity index (χ0n) is 22.9. The van der Waals surface area contributed by atoms with Crippen molar-refractivity contribution in [3.63, 3.8) is 0 Å². The van der Waals surface area contributed by atoms with Crippen LogP contribution in [0.25, 0.3) is 27.5 Å². The van der Waals surface area contributed by atoms with Crippen molar-refractivity contribution in [1.29, 1.82) is 0 Å². The van der Waals surface area contributed by atoms with E-state index in [1.54, 1.807) is 43.5 Å². The second kappa shape index (κ2) is 11.0. The number of benzene rings is 4. The van der Waals surface area contributed by atoms with Crippen LogP contribution in [0.3, 0.4) is 0 Å². The number of hydrogen-bond acceptors (Lipinski definition) is 6. The van der Waals surface area contributed by atoms with Gasteiger partial charge in [-0.15, -0.1) is 18.3 Å². The number of ether oxygens (including phenoxy) is 1. The second-order valence-electron chi connectivity index (χ2n) is 9.70. The minimum atomic E-state index is -4.73. The van der Waals surface area contributed by atoms with Crippen LogP contribution in [0.15, 0.2) is 94.3 Å². The van der Waals surface area contributed by atoms with Crippen molar-refractivity contribution in [3.8, 4) is 11.4 Å². The van der Waals surface area contributed by atoms with Crippen molar-refractivity contribution in [3.05, 3.63) is 95.8 Å². The van der Waals surface area contributed by atoms with Crippen molar-refractivity contribution in [2.24, 2.45) is 15.2 Å². The molecule has 0 amide bonds. The largest absolute Gasteiger partial charge is 0.573 e. The Labute approximate surface area is 244 Å². The quantitative estimate of drug-likeness (QED) is 0.157. The lowest BCUT2D eigenvalue weighted by Crippen LogP contribution is -2.30. The fourth-order valence-electron chi connectivity index (χ4n) is 5.06. The van der Waals surface area contributed by atoms with Crippen LogP contribution in [-0.4, -0.2) is 45.9 Å². The van der Waals surface area contributed by atoms with E-state index in [9.17, 15) is 13.2 Å². The monoisotopic (exact) mass is 586 g/mol. The summed E-state index contributed by atoms with van der Waals surface area (Å²) in [4.78, 5) is 11.1. The van der Waals surface area contributed by atoms with Crippen molar-refractivity contribution in [2.45, 2.75) is 20.2 Å². The van der Waals surface area contributed by atoms with Gasteiger partial charge in [-0.25, -0.2) is 4.98 Å². The minimum absolute atomic E-state index is 0.274. The number of aryl methyl sites for hydroxylation is 2. The van der Waals surface area contributed by atoms with E-state index >= 15 is 0 Å². The number of hydrogen-bond donors (Lipinski definition) is 0. The van der Waals surface area contributed by atoms with Crippen molar-refractivity contribution < 1.29 is 17.9 Å². The third-order valence-corrected chi connectivity index (χ3v) is 7.88. The maximum Gasteiger partial charge on any atom is 0.573 e. The second-order valence-corrected chi connectivity index (χ2v) is 10.6. The van der Waals surface area contributed by atoms with E-state index in [-0.39, 0.29) is 5.75 Å². The molecule has 1 saturated heterocycles. The van der Waals surface area contributed by atoms with Crippen LogP contribution in [0, 0.1) is 13.8 Å². The van der Waals surface area contributed by atoms with Gasteiger partial charge < -0.3 is 4.74 Å². The lowest BCUT2D eigenvalue weighted by molar-refractivity contribution is -0.274. The highest BCUT2D eigenvalue weighted by molar-refractivity contribution is 8.15. The number of aliphatic imine (C=N–C) groups is 1. The Morgan fingerprint density at radius 3 is 2.45 bits per heavy atom. The first-order valence-electron chi connectivity index (χ1n) is 13.0. The summed E-state index contributed by atoms with van der Waals surface area (Å²) in [5.74, 6) is 1.39. The minimum Gasteiger partial charge on any atom is -0.406 e. The van der Waals surface area contributed by atoms with E-state index in [1.807, 2.05) is 41.0 Å². The number of amidine groups is 2. The first-order valence-corrected chi connectivity index (χ1v) is 14.0. The maximum atomic E-state index is 12.5. The molecule has 0 radical (unpaired) electrons. The number of nitrogens with zero attached hydrogens (tertiary/aromatic N) is 6. The molecule has 212 valence electrons. The third kappa shape index (κ3) is 5.35. The summed E-state index contributed by atoms with van der Waals surface area (Å²) in [6.07, 6.45) is -1.35. The van der Waals surface area contributed by atoms with E-state index in [2.05, 4.69) is 55.8 Å². The fraction of sp³-hybridized carbons (Fsp3) is 0.161. The molecule has 0 N–H and O–H groups in total. The van der Waals surface area contributed by atoms with Crippen LogP contribution in [0.1, 0.15) is 16.7 Å². The van der Waals surface area contributed by atoms with E-state index in [1.165, 1.54) is 12.1 Å². The highest BCUT2D eigenvalue weighted by Crippen LogP contribution is 2.33. The zero-order valence-corrected chi connectivity index (χ0v) is 23.7. The van der Waals surface area contributed by atoms with Crippen LogP contribution in [0.4, 0.5) is 18.9 Å². The summed E-state index contributed by atoms with van der Waals surface area (Å²) in [5.41, 5.74) is 6.54. The fourth-order valence-corrected chi connectivity index (χ4v) is 6.00. The predicted octanol–water partition coefficient (Wildman–Crippen LogP) is 7.67. The average Bonchev–Trinajstić information content (AvgIpc) is 3.57. The maximum absolute atomic E-state index is 12.5. The Morgan fingerprint density at radius 2 is 1.74 bits per heavy atom. The molecule has 42 heavy (non-hydrogen) atoms. The molecule has 1 aliphatic rings. The Morgan fingerprint density at radius 1 is 0.976 bits per heavy atom. The summed E-state index contributed by atoms with van der Waals surface area (Å²) in [7, 11) is 1.79. The summed E-state index contributed by atoms with van der Waals surface area (Å²) in [6.45, 7) is 4.16. The van der Waals surface area contributed by atoms with Crippen LogP contribution in [0.2, 0.25) is 0 Å². The average molecular weight is 587 g/mol. The summed E-state index contributed by atoms with van der Waals surface area (Å²) in [6, 6.07) is 21.8. The zero-order chi connectivity index (χ0) is 29.4. The first-order chi connectivity index (χ1) is 20.2. The summed E-state index contributed by atoms with van der Waals surface area (Å²) >= 11 is 1.60. The number of thioether (sulfide) groups is 1. The first kappa shape index (κ1) is 27.5. The standard InChI is InChI=1S/C31H25F3N6OS/c1-19-5-4-6-20(2)29(19)40-27(35-3)17-42-30(40)38-37-16-21-7-13-25-22(15-21)8-14-26-28(25)36-18-39(26)23-9-11-24(12-10-23)41-31(32,33)34/h4-16,18H,17H2,1-3H3/b35-27?,37-16+,38-30-. The van der Waals surface area contributed by atoms with Gasteiger partial charge in [-0.1, -0.05) is 48.2 Å². The van der Waals surface area contributed by atoms with Gasteiger partial charge in [0.15, 0.2) is 5.17 Å². The smallest absolute Gasteiger partial charge is 0.406 e. The molecule has 5 aromatic rings. The van der Waals surface area contributed by atoms with E-state index in [0.29, 0.717) is 5.69 Å². The van der Waals surface area contributed by atoms with E-state index in [0.717, 1.165) is 60.9 Å². The van der Waals surface area contributed by atoms with Crippen LogP contribution >= 0.6 is 11.8 Å². The summed E-state index contributed by atoms with van der Waals surface area (Å²) in [5, 5.41) is 11.7. The van der Waals surface area contributed by atoms with Crippen molar-refractivity contribution >= 4 is 56.5 Å². The molecule has 4 aromatic carbocycles. The molecular formula is C31H25F3N6OS. The van der Waals surface area contributed by atoms with E-state index < -0.39 is 6.36 Å². The van der Waals surface area contributed by atoms with Gasteiger partial charge in [0.05, 0.1) is 28.7 Å². The molecule has 0 atom stereocenters. The van der Waals surface area contributed by atoms with E-state index in [4.69, 9.17) is 0 Å².